The third-order valence-electron chi connectivity index (χ3n) is 6.65. The summed E-state index contributed by atoms with van der Waals surface area (Å²) in [5.74, 6) is 0.650. The van der Waals surface area contributed by atoms with E-state index in [1.165, 1.54) is 43.2 Å². The third-order valence-corrected chi connectivity index (χ3v) is 7.58. The Morgan fingerprint density at radius 3 is 2.31 bits per heavy atom. The number of anilines is 1. The number of halogens is 1. The zero-order valence-electron chi connectivity index (χ0n) is 20.8. The van der Waals surface area contributed by atoms with Crippen molar-refractivity contribution in [1.29, 1.82) is 0 Å². The van der Waals surface area contributed by atoms with Gasteiger partial charge in [0.1, 0.15) is 5.82 Å². The number of piperidine rings is 1. The number of aromatic nitrogens is 3. The molecular formula is C27H34FN5OS. The fourth-order valence-corrected chi connectivity index (χ4v) is 5.41. The van der Waals surface area contributed by atoms with Crippen LogP contribution in [0.15, 0.2) is 47.6 Å². The van der Waals surface area contributed by atoms with Crippen LogP contribution in [0.25, 0.3) is 5.69 Å². The molecule has 0 saturated carbocycles. The highest BCUT2D eigenvalue weighted by Gasteiger charge is 2.26. The van der Waals surface area contributed by atoms with Crippen LogP contribution in [0.3, 0.4) is 0 Å². The second-order valence-electron chi connectivity index (χ2n) is 8.92. The highest BCUT2D eigenvalue weighted by Crippen LogP contribution is 2.30. The molecule has 1 N–H and O–H groups in total. The molecule has 186 valence electrons. The Labute approximate surface area is 211 Å². The maximum Gasteiger partial charge on any atom is 0.234 e. The SMILES string of the molecule is CCc1cccc(CC)c1NC(=O)CSc1nnc([C@@H](C)N2CCCCC2)n1-c1ccc(F)cc1. The first kappa shape index (κ1) is 25.4. The van der Waals surface area contributed by atoms with Crippen LogP contribution < -0.4 is 5.32 Å². The molecule has 1 aliphatic heterocycles. The number of carbonyl (C=O) groups is 1. The summed E-state index contributed by atoms with van der Waals surface area (Å²) in [6.45, 7) is 8.38. The number of nitrogens with one attached hydrogen (secondary N) is 1. The Balaban J connectivity index is 1.56. The average molecular weight is 496 g/mol. The molecule has 3 aromatic rings. The summed E-state index contributed by atoms with van der Waals surface area (Å²) in [5, 5.41) is 12.7. The van der Waals surface area contributed by atoms with E-state index in [4.69, 9.17) is 0 Å². The molecule has 1 amide bonds. The first-order valence-corrected chi connectivity index (χ1v) is 13.5. The predicted molar refractivity (Wildman–Crippen MR) is 140 cm³/mol. The number of nitrogens with zero attached hydrogens (tertiary/aromatic N) is 4. The molecule has 0 radical (unpaired) electrons. The average Bonchev–Trinajstić information content (AvgIpc) is 3.32. The summed E-state index contributed by atoms with van der Waals surface area (Å²) in [4.78, 5) is 15.4. The first-order valence-electron chi connectivity index (χ1n) is 12.5. The molecule has 1 atom stereocenters. The number of carbonyl (C=O) groups excluding carboxylic acids is 1. The Morgan fingerprint density at radius 2 is 1.69 bits per heavy atom. The van der Waals surface area contributed by atoms with E-state index in [1.54, 1.807) is 12.1 Å². The maximum absolute atomic E-state index is 13.7. The number of benzene rings is 2. The van der Waals surface area contributed by atoms with Crippen LogP contribution in [-0.4, -0.2) is 44.4 Å². The molecule has 4 rings (SSSR count). The lowest BCUT2D eigenvalue weighted by Gasteiger charge is -2.31. The summed E-state index contributed by atoms with van der Waals surface area (Å²) in [6, 6.07) is 12.6. The van der Waals surface area contributed by atoms with Crippen LogP contribution in [-0.2, 0) is 17.6 Å². The van der Waals surface area contributed by atoms with Gasteiger partial charge in [-0.2, -0.15) is 0 Å². The molecule has 0 bridgehead atoms. The zero-order chi connectivity index (χ0) is 24.8. The lowest BCUT2D eigenvalue weighted by atomic mass is 10.0. The van der Waals surface area contributed by atoms with Gasteiger partial charge in [-0.3, -0.25) is 14.3 Å². The number of para-hydroxylation sites is 1. The van der Waals surface area contributed by atoms with Crippen LogP contribution in [0.4, 0.5) is 10.1 Å². The third kappa shape index (κ3) is 5.93. The van der Waals surface area contributed by atoms with Crippen molar-refractivity contribution < 1.29 is 9.18 Å². The zero-order valence-corrected chi connectivity index (χ0v) is 21.6. The van der Waals surface area contributed by atoms with E-state index in [0.29, 0.717) is 5.16 Å². The molecule has 8 heteroatoms. The highest BCUT2D eigenvalue weighted by molar-refractivity contribution is 7.99. The van der Waals surface area contributed by atoms with Crippen LogP contribution >= 0.6 is 11.8 Å². The van der Waals surface area contributed by atoms with Crippen LogP contribution in [0, 0.1) is 5.82 Å². The molecule has 1 aromatic heterocycles. The summed E-state index contributed by atoms with van der Waals surface area (Å²) < 4.78 is 15.6. The Hall–Kier alpha value is -2.71. The van der Waals surface area contributed by atoms with Crippen LogP contribution in [0.5, 0.6) is 0 Å². The van der Waals surface area contributed by atoms with Gasteiger partial charge in [-0.15, -0.1) is 10.2 Å². The number of hydrogen-bond donors (Lipinski definition) is 1. The Bertz CT molecular complexity index is 1120. The van der Waals surface area contributed by atoms with E-state index in [-0.39, 0.29) is 23.5 Å². The van der Waals surface area contributed by atoms with Crippen molar-refractivity contribution in [2.75, 3.05) is 24.2 Å². The van der Waals surface area contributed by atoms with E-state index in [2.05, 4.69) is 53.3 Å². The second kappa shape index (κ2) is 11.8. The van der Waals surface area contributed by atoms with Gasteiger partial charge in [-0.1, -0.05) is 50.2 Å². The quantitative estimate of drug-likeness (QED) is 0.380. The lowest BCUT2D eigenvalue weighted by Crippen LogP contribution is -2.33. The summed E-state index contributed by atoms with van der Waals surface area (Å²) in [7, 11) is 0. The van der Waals surface area contributed by atoms with Crippen molar-refractivity contribution in [3.05, 3.63) is 65.2 Å². The van der Waals surface area contributed by atoms with Crippen molar-refractivity contribution in [3.63, 3.8) is 0 Å². The molecular weight excluding hydrogens is 461 g/mol. The van der Waals surface area contributed by atoms with E-state index >= 15 is 0 Å². The van der Waals surface area contributed by atoms with Gasteiger partial charge < -0.3 is 5.32 Å². The van der Waals surface area contributed by atoms with E-state index < -0.39 is 0 Å². The smallest absolute Gasteiger partial charge is 0.234 e. The Morgan fingerprint density at radius 1 is 1.03 bits per heavy atom. The standard InChI is InChI=1S/C27H34FN5OS/c1-4-20-10-9-11-21(5-2)25(20)29-24(34)18-35-27-31-30-26(19(3)32-16-7-6-8-17-32)33(27)23-14-12-22(28)13-15-23/h9-15,19H,4-8,16-18H2,1-3H3,(H,29,34)/t19-/m1/s1. The predicted octanol–water partition coefficient (Wildman–Crippen LogP) is 5.81. The number of rotatable bonds is 9. The van der Waals surface area contributed by atoms with Crippen molar-refractivity contribution >= 4 is 23.4 Å². The number of likely N-dealkylation sites (tertiary alicyclic amines) is 1. The van der Waals surface area contributed by atoms with Crippen molar-refractivity contribution in [1.82, 2.24) is 19.7 Å². The minimum atomic E-state index is -0.289. The summed E-state index contributed by atoms with van der Waals surface area (Å²) in [5.41, 5.74) is 3.98. The number of aryl methyl sites for hydroxylation is 2. The summed E-state index contributed by atoms with van der Waals surface area (Å²) in [6.07, 6.45) is 5.32. The molecule has 1 aliphatic rings. The number of amides is 1. The van der Waals surface area contributed by atoms with Gasteiger partial charge >= 0.3 is 0 Å². The van der Waals surface area contributed by atoms with Gasteiger partial charge in [0.15, 0.2) is 11.0 Å². The molecule has 1 fully saturated rings. The van der Waals surface area contributed by atoms with Crippen molar-refractivity contribution in [2.45, 2.75) is 64.1 Å². The maximum atomic E-state index is 13.7. The molecule has 0 unspecified atom stereocenters. The van der Waals surface area contributed by atoms with Crippen LogP contribution in [0.2, 0.25) is 0 Å². The van der Waals surface area contributed by atoms with Gasteiger partial charge in [0.2, 0.25) is 5.91 Å². The van der Waals surface area contributed by atoms with Gasteiger partial charge in [0.25, 0.3) is 0 Å². The van der Waals surface area contributed by atoms with Gasteiger partial charge in [-0.05, 0) is 81.1 Å². The fourth-order valence-electron chi connectivity index (χ4n) is 4.66. The molecule has 0 aliphatic carbocycles. The number of thioether (sulfide) groups is 1. The van der Waals surface area contributed by atoms with Crippen LogP contribution in [0.1, 0.15) is 63.0 Å². The van der Waals surface area contributed by atoms with Gasteiger partial charge in [0, 0.05) is 11.4 Å². The molecule has 6 nitrogen and oxygen atoms in total. The largest absolute Gasteiger partial charge is 0.325 e. The van der Waals surface area contributed by atoms with Gasteiger partial charge in [-0.25, -0.2) is 4.39 Å². The molecule has 0 spiro atoms. The van der Waals surface area contributed by atoms with E-state index in [1.807, 2.05) is 10.6 Å². The highest BCUT2D eigenvalue weighted by atomic mass is 32.2. The summed E-state index contributed by atoms with van der Waals surface area (Å²) >= 11 is 1.35. The molecule has 2 aromatic carbocycles. The minimum Gasteiger partial charge on any atom is -0.325 e. The fraction of sp³-hybridized carbons (Fsp3) is 0.444. The second-order valence-corrected chi connectivity index (χ2v) is 9.86. The monoisotopic (exact) mass is 495 g/mol. The molecule has 35 heavy (non-hydrogen) atoms. The lowest BCUT2D eigenvalue weighted by molar-refractivity contribution is -0.113. The van der Waals surface area contributed by atoms with Crippen molar-refractivity contribution in [2.24, 2.45) is 0 Å². The topological polar surface area (TPSA) is 63.1 Å². The van der Waals surface area contributed by atoms with Gasteiger partial charge in [0.05, 0.1) is 11.8 Å². The first-order chi connectivity index (χ1) is 17.0. The number of hydrogen-bond acceptors (Lipinski definition) is 5. The van der Waals surface area contributed by atoms with Crippen molar-refractivity contribution in [3.8, 4) is 5.69 Å². The van der Waals surface area contributed by atoms with E-state index in [0.717, 1.165) is 54.3 Å². The molecule has 2 heterocycles. The Kier molecular flexibility index (Phi) is 8.57. The molecule has 1 saturated heterocycles. The minimum absolute atomic E-state index is 0.0690. The van der Waals surface area contributed by atoms with E-state index in [9.17, 15) is 9.18 Å². The normalized spacial score (nSPS) is 15.2.